The predicted octanol–water partition coefficient (Wildman–Crippen LogP) is 4.38. The molecule has 0 aliphatic rings. The highest BCUT2D eigenvalue weighted by atomic mass is 32.2. The molecule has 1 nitrogen and oxygen atoms in total. The third-order valence-corrected chi connectivity index (χ3v) is 4.72. The van der Waals surface area contributed by atoms with Crippen molar-refractivity contribution < 1.29 is 4.21 Å². The van der Waals surface area contributed by atoms with Gasteiger partial charge in [-0.1, -0.05) is 74.5 Å². The molecule has 104 valence electrons. The zero-order valence-corrected chi connectivity index (χ0v) is 12.8. The lowest BCUT2D eigenvalue weighted by molar-refractivity contribution is 0.588. The molecule has 2 rings (SSSR count). The van der Waals surface area contributed by atoms with Crippen LogP contribution in [0.5, 0.6) is 0 Å². The highest BCUT2D eigenvalue weighted by molar-refractivity contribution is 7.88. The predicted molar refractivity (Wildman–Crippen MR) is 88.0 cm³/mol. The molecule has 0 saturated heterocycles. The van der Waals surface area contributed by atoms with Gasteiger partial charge in [-0.05, 0) is 17.2 Å². The van der Waals surface area contributed by atoms with Crippen LogP contribution in [0.15, 0.2) is 66.1 Å². The Bertz CT molecular complexity index is 585. The summed E-state index contributed by atoms with van der Waals surface area (Å²) in [5, 5.41) is 1.79. The monoisotopic (exact) mass is 284 g/mol. The SMILES string of the molecule is CC(C)(C[S@](=O)C=Cc1ccccc1)c1ccccc1. The van der Waals surface area contributed by atoms with Gasteiger partial charge >= 0.3 is 0 Å². The van der Waals surface area contributed by atoms with Crippen molar-refractivity contribution in [3.8, 4) is 0 Å². The Kier molecular flexibility index (Phi) is 4.91. The lowest BCUT2D eigenvalue weighted by atomic mass is 9.87. The molecule has 0 aliphatic heterocycles. The van der Waals surface area contributed by atoms with Crippen molar-refractivity contribution in [3.63, 3.8) is 0 Å². The number of hydrogen-bond acceptors (Lipinski definition) is 1. The maximum Gasteiger partial charge on any atom is 0.0464 e. The molecule has 0 aromatic heterocycles. The van der Waals surface area contributed by atoms with Gasteiger partial charge in [-0.15, -0.1) is 0 Å². The van der Waals surface area contributed by atoms with Crippen LogP contribution < -0.4 is 0 Å². The lowest BCUT2D eigenvalue weighted by Crippen LogP contribution is -2.24. The molecule has 0 saturated carbocycles. The second-order valence-corrected chi connectivity index (χ2v) is 6.81. The molecule has 0 N–H and O–H groups in total. The lowest BCUT2D eigenvalue weighted by Gasteiger charge is -2.23. The van der Waals surface area contributed by atoms with E-state index in [1.54, 1.807) is 5.41 Å². The minimum atomic E-state index is -0.971. The van der Waals surface area contributed by atoms with Gasteiger partial charge in [0, 0.05) is 27.4 Å². The topological polar surface area (TPSA) is 17.1 Å². The third kappa shape index (κ3) is 4.17. The van der Waals surface area contributed by atoms with Gasteiger partial charge in [-0.25, -0.2) is 0 Å². The maximum atomic E-state index is 12.2. The molecule has 0 bridgehead atoms. The Morgan fingerprint density at radius 1 is 0.950 bits per heavy atom. The van der Waals surface area contributed by atoms with E-state index in [2.05, 4.69) is 26.0 Å². The van der Waals surface area contributed by atoms with E-state index < -0.39 is 10.8 Å². The van der Waals surface area contributed by atoms with Gasteiger partial charge in [0.2, 0.25) is 0 Å². The molecule has 20 heavy (non-hydrogen) atoms. The quantitative estimate of drug-likeness (QED) is 0.796. The van der Waals surface area contributed by atoms with Gasteiger partial charge in [0.05, 0.1) is 0 Å². The van der Waals surface area contributed by atoms with Crippen molar-refractivity contribution in [1.29, 1.82) is 0 Å². The second-order valence-electron chi connectivity index (χ2n) is 5.49. The first-order valence-electron chi connectivity index (χ1n) is 6.74. The molecule has 0 spiro atoms. The van der Waals surface area contributed by atoms with E-state index in [-0.39, 0.29) is 5.41 Å². The normalized spacial score (nSPS) is 13.5. The first-order chi connectivity index (χ1) is 9.58. The molecule has 0 amide bonds. The van der Waals surface area contributed by atoms with Gasteiger partial charge in [-0.3, -0.25) is 4.21 Å². The Balaban J connectivity index is 2.03. The molecule has 2 aromatic carbocycles. The number of rotatable bonds is 5. The van der Waals surface area contributed by atoms with Crippen LogP contribution in [-0.4, -0.2) is 9.96 Å². The van der Waals surface area contributed by atoms with E-state index in [1.807, 2.05) is 54.6 Å². The second kappa shape index (κ2) is 6.67. The molecular formula is C18H20OS. The van der Waals surface area contributed by atoms with Gasteiger partial charge < -0.3 is 0 Å². The summed E-state index contributed by atoms with van der Waals surface area (Å²) in [6.07, 6.45) is 1.93. The van der Waals surface area contributed by atoms with E-state index in [9.17, 15) is 4.21 Å². The first kappa shape index (κ1) is 14.7. The first-order valence-corrected chi connectivity index (χ1v) is 8.12. The average Bonchev–Trinajstić information content (AvgIpc) is 2.47. The standard InChI is InChI=1S/C18H20OS/c1-18(2,17-11-7-4-8-12-17)15-20(19)14-13-16-9-5-3-6-10-16/h3-14H,15H2,1-2H3/t20-/m1/s1. The molecule has 0 radical (unpaired) electrons. The Labute approximate surface area is 123 Å². The minimum Gasteiger partial charge on any atom is -0.255 e. The van der Waals surface area contributed by atoms with Gasteiger partial charge in [0.15, 0.2) is 0 Å². The fourth-order valence-electron chi connectivity index (χ4n) is 2.10. The van der Waals surface area contributed by atoms with Gasteiger partial charge in [0.1, 0.15) is 0 Å². The largest absolute Gasteiger partial charge is 0.255 e. The third-order valence-electron chi connectivity index (χ3n) is 3.27. The zero-order valence-electron chi connectivity index (χ0n) is 12.0. The van der Waals surface area contributed by atoms with Crippen molar-refractivity contribution in [2.75, 3.05) is 5.75 Å². The fourth-order valence-corrected chi connectivity index (χ4v) is 3.38. The molecule has 1 atom stereocenters. The molecule has 0 unspecified atom stereocenters. The van der Waals surface area contributed by atoms with Crippen molar-refractivity contribution in [3.05, 3.63) is 77.2 Å². The number of benzene rings is 2. The molecule has 2 heteroatoms. The Morgan fingerprint density at radius 3 is 2.10 bits per heavy atom. The molecule has 0 aliphatic carbocycles. The van der Waals surface area contributed by atoms with Gasteiger partial charge in [-0.2, -0.15) is 0 Å². The van der Waals surface area contributed by atoms with Crippen LogP contribution in [0.25, 0.3) is 6.08 Å². The zero-order chi connectivity index (χ0) is 14.4. The highest BCUT2D eigenvalue weighted by Gasteiger charge is 2.22. The van der Waals surface area contributed by atoms with E-state index in [4.69, 9.17) is 0 Å². The number of hydrogen-bond donors (Lipinski definition) is 0. The van der Waals surface area contributed by atoms with Crippen LogP contribution in [0.2, 0.25) is 0 Å². The van der Waals surface area contributed by atoms with Crippen LogP contribution in [0.4, 0.5) is 0 Å². The fraction of sp³-hybridized carbons (Fsp3) is 0.222. The van der Waals surface area contributed by atoms with Crippen LogP contribution in [-0.2, 0) is 16.2 Å². The average molecular weight is 284 g/mol. The van der Waals surface area contributed by atoms with Crippen LogP contribution in [0.3, 0.4) is 0 Å². The maximum absolute atomic E-state index is 12.2. The van der Waals surface area contributed by atoms with Crippen molar-refractivity contribution in [1.82, 2.24) is 0 Å². The van der Waals surface area contributed by atoms with Crippen molar-refractivity contribution in [2.45, 2.75) is 19.3 Å². The summed E-state index contributed by atoms with van der Waals surface area (Å²) in [4.78, 5) is 0. The smallest absolute Gasteiger partial charge is 0.0464 e. The Hall–Kier alpha value is -1.67. The van der Waals surface area contributed by atoms with E-state index in [0.29, 0.717) is 5.75 Å². The van der Waals surface area contributed by atoms with Gasteiger partial charge in [0.25, 0.3) is 0 Å². The summed E-state index contributed by atoms with van der Waals surface area (Å²) in [5.74, 6) is 0.625. The van der Waals surface area contributed by atoms with E-state index in [0.717, 1.165) is 5.56 Å². The Morgan fingerprint density at radius 2 is 1.50 bits per heavy atom. The van der Waals surface area contributed by atoms with Crippen LogP contribution in [0.1, 0.15) is 25.0 Å². The summed E-state index contributed by atoms with van der Waals surface area (Å²) in [6.45, 7) is 4.27. The van der Waals surface area contributed by atoms with E-state index in [1.165, 1.54) is 5.56 Å². The van der Waals surface area contributed by atoms with Crippen LogP contribution >= 0.6 is 0 Å². The van der Waals surface area contributed by atoms with Crippen molar-refractivity contribution in [2.24, 2.45) is 0 Å². The summed E-state index contributed by atoms with van der Waals surface area (Å²) < 4.78 is 12.2. The molecular weight excluding hydrogens is 264 g/mol. The van der Waals surface area contributed by atoms with Crippen LogP contribution in [0, 0.1) is 0 Å². The van der Waals surface area contributed by atoms with E-state index >= 15 is 0 Å². The molecule has 2 aromatic rings. The van der Waals surface area contributed by atoms with Crippen molar-refractivity contribution >= 4 is 16.9 Å². The molecule has 0 fully saturated rings. The minimum absolute atomic E-state index is 0.0901. The summed E-state index contributed by atoms with van der Waals surface area (Å²) in [7, 11) is -0.971. The molecule has 0 heterocycles. The summed E-state index contributed by atoms with van der Waals surface area (Å²) in [5.41, 5.74) is 2.22. The highest BCUT2D eigenvalue weighted by Crippen LogP contribution is 2.24. The summed E-state index contributed by atoms with van der Waals surface area (Å²) >= 11 is 0. The summed E-state index contributed by atoms with van der Waals surface area (Å²) in [6, 6.07) is 20.2.